The number of sulfonamides is 1. The fourth-order valence-electron chi connectivity index (χ4n) is 5.56. The smallest absolute Gasteiger partial charge is 0.244 e. The number of anilines is 1. The number of nitrogen functional groups attached to an aromatic ring is 1. The van der Waals surface area contributed by atoms with Crippen molar-refractivity contribution in [1.82, 2.24) is 19.9 Å². The Morgan fingerprint density at radius 2 is 1.91 bits per heavy atom. The number of carbonyl (C=O) groups is 1. The summed E-state index contributed by atoms with van der Waals surface area (Å²) in [5, 5.41) is 6.23. The number of halogens is 2. The Balaban J connectivity index is 1.29. The molecular weight excluding hydrogens is 574 g/mol. The molecule has 0 bridgehead atoms. The molecule has 9 nitrogen and oxygen atoms in total. The molecule has 1 amide bonds. The van der Waals surface area contributed by atoms with Gasteiger partial charge in [-0.1, -0.05) is 18.2 Å². The van der Waals surface area contributed by atoms with E-state index in [2.05, 4.69) is 20.6 Å². The summed E-state index contributed by atoms with van der Waals surface area (Å²) in [5.74, 6) is -1.35. The predicted molar refractivity (Wildman–Crippen MR) is 161 cm³/mol. The summed E-state index contributed by atoms with van der Waals surface area (Å²) in [6.45, 7) is 3.52. The standard InChI is InChI=1S/C31H34F2N6O3S/c1-20-12-23(14-25(33)13-20)28(21-2-5-24(32)6-3-21)15-31(40)38-29-19-36-16-22(29)4-7-26-17-35-10-11-39(26)43(41,42)27-8-9-30(34)37-18-27/h2-3,5-6,8-9,12-14,18-19,26,28,35H,4,7,10-11,15-17H2,1H3,(H2,34,37)(H,38,40)/t26-,28-/m0/s1. The summed E-state index contributed by atoms with van der Waals surface area (Å²) in [6, 6.07) is 13.1. The molecule has 0 spiro atoms. The van der Waals surface area contributed by atoms with Crippen LogP contribution in [0.4, 0.5) is 14.6 Å². The molecule has 3 heterocycles. The Labute approximate surface area is 250 Å². The first-order chi connectivity index (χ1) is 20.6. The number of carbonyl (C=O) groups excluding carboxylic acids is 1. The van der Waals surface area contributed by atoms with Gasteiger partial charge in [0.25, 0.3) is 0 Å². The monoisotopic (exact) mass is 608 g/mol. The van der Waals surface area contributed by atoms with Gasteiger partial charge >= 0.3 is 0 Å². The number of hydrogen-bond acceptors (Lipinski definition) is 7. The zero-order valence-corrected chi connectivity index (χ0v) is 24.6. The number of amides is 1. The Morgan fingerprint density at radius 1 is 1.12 bits per heavy atom. The number of nitrogens with two attached hydrogens (primary N) is 1. The van der Waals surface area contributed by atoms with E-state index in [1.54, 1.807) is 25.3 Å². The van der Waals surface area contributed by atoms with E-state index in [1.165, 1.54) is 46.9 Å². The van der Waals surface area contributed by atoms with Crippen molar-refractivity contribution in [3.8, 4) is 0 Å². The van der Waals surface area contributed by atoms with Crippen molar-refractivity contribution in [3.63, 3.8) is 0 Å². The number of allylic oxidation sites excluding steroid dienone is 1. The molecule has 0 radical (unpaired) electrons. The summed E-state index contributed by atoms with van der Waals surface area (Å²) >= 11 is 0. The number of nitrogens with zero attached hydrogens (tertiary/aromatic N) is 3. The zero-order chi connectivity index (χ0) is 30.6. The molecule has 1 aromatic heterocycles. The lowest BCUT2D eigenvalue weighted by atomic mass is 9.87. The van der Waals surface area contributed by atoms with E-state index in [0.717, 1.165) is 11.1 Å². The Kier molecular flexibility index (Phi) is 9.28. The fraction of sp³-hybridized carbons (Fsp3) is 0.323. The van der Waals surface area contributed by atoms with Gasteiger partial charge in [0.1, 0.15) is 22.3 Å². The molecule has 2 aliphatic heterocycles. The first kappa shape index (κ1) is 30.5. The molecule has 0 aliphatic carbocycles. The minimum absolute atomic E-state index is 0.00728. The summed E-state index contributed by atoms with van der Waals surface area (Å²) in [5.41, 5.74) is 9.15. The molecule has 43 heavy (non-hydrogen) atoms. The molecule has 1 saturated heterocycles. The van der Waals surface area contributed by atoms with Crippen LogP contribution in [0.1, 0.15) is 41.9 Å². The second-order valence-electron chi connectivity index (χ2n) is 10.8. The van der Waals surface area contributed by atoms with Crippen LogP contribution in [0.5, 0.6) is 0 Å². The quantitative estimate of drug-likeness (QED) is 0.322. The number of pyridine rings is 1. The maximum absolute atomic E-state index is 14.3. The number of nitrogens with one attached hydrogen (secondary N) is 2. The van der Waals surface area contributed by atoms with Gasteiger partial charge in [-0.25, -0.2) is 22.2 Å². The fourth-order valence-corrected chi connectivity index (χ4v) is 7.16. The van der Waals surface area contributed by atoms with Gasteiger partial charge in [0.05, 0.1) is 12.2 Å². The van der Waals surface area contributed by atoms with E-state index in [4.69, 9.17) is 5.73 Å². The Bertz CT molecular complexity index is 1620. The maximum Gasteiger partial charge on any atom is 0.244 e. The zero-order valence-electron chi connectivity index (χ0n) is 23.8. The molecule has 0 saturated carbocycles. The minimum atomic E-state index is -3.77. The van der Waals surface area contributed by atoms with Gasteiger partial charge in [0, 0.05) is 50.4 Å². The van der Waals surface area contributed by atoms with Gasteiger partial charge in [-0.2, -0.15) is 4.31 Å². The van der Waals surface area contributed by atoms with E-state index < -0.39 is 27.6 Å². The molecule has 3 aromatic rings. The van der Waals surface area contributed by atoms with Crippen LogP contribution in [0.25, 0.3) is 0 Å². The van der Waals surface area contributed by atoms with Crippen LogP contribution in [0.15, 0.2) is 82.0 Å². The van der Waals surface area contributed by atoms with Gasteiger partial charge in [-0.15, -0.1) is 0 Å². The molecule has 2 atom stereocenters. The average molecular weight is 609 g/mol. The summed E-state index contributed by atoms with van der Waals surface area (Å²) in [7, 11) is -3.77. The third-order valence-electron chi connectivity index (χ3n) is 7.73. The molecule has 2 aromatic carbocycles. The normalized spacial score (nSPS) is 18.2. The van der Waals surface area contributed by atoms with Crippen molar-refractivity contribution in [3.05, 3.63) is 100 Å². The second kappa shape index (κ2) is 13.1. The summed E-state index contributed by atoms with van der Waals surface area (Å²) in [4.78, 5) is 21.7. The van der Waals surface area contributed by atoms with E-state index in [-0.39, 0.29) is 29.1 Å². The van der Waals surface area contributed by atoms with Gasteiger partial charge in [0.2, 0.25) is 15.9 Å². The Morgan fingerprint density at radius 3 is 2.63 bits per heavy atom. The highest BCUT2D eigenvalue weighted by atomic mass is 32.2. The third kappa shape index (κ3) is 7.32. The van der Waals surface area contributed by atoms with Gasteiger partial charge < -0.3 is 16.4 Å². The molecule has 5 rings (SSSR count). The van der Waals surface area contributed by atoms with Crippen molar-refractivity contribution in [2.45, 2.75) is 43.0 Å². The van der Waals surface area contributed by atoms with Gasteiger partial charge in [-0.05, 0) is 78.4 Å². The molecule has 0 unspecified atom stereocenters. The Hall–Kier alpha value is -4.00. The van der Waals surface area contributed by atoms with Crippen LogP contribution in [-0.4, -0.2) is 62.0 Å². The van der Waals surface area contributed by atoms with Crippen molar-refractivity contribution < 1.29 is 22.0 Å². The molecule has 12 heteroatoms. The van der Waals surface area contributed by atoms with E-state index in [0.29, 0.717) is 55.8 Å². The van der Waals surface area contributed by atoms with Crippen LogP contribution >= 0.6 is 0 Å². The summed E-state index contributed by atoms with van der Waals surface area (Å²) in [6.07, 6.45) is 3.94. The van der Waals surface area contributed by atoms with Crippen molar-refractivity contribution in [1.29, 1.82) is 0 Å². The second-order valence-corrected chi connectivity index (χ2v) is 12.7. The van der Waals surface area contributed by atoms with Gasteiger partial charge in [-0.3, -0.25) is 9.79 Å². The number of hydrogen-bond donors (Lipinski definition) is 3. The molecule has 226 valence electrons. The highest BCUT2D eigenvalue weighted by molar-refractivity contribution is 7.89. The van der Waals surface area contributed by atoms with E-state index in [9.17, 15) is 22.0 Å². The SMILES string of the molecule is Cc1cc(F)cc([C@@H](CC(=O)NC2=C(CC[C@H]3CNCCN3S(=O)(=O)c3ccc(N)nc3)CN=C2)c2ccc(F)cc2)c1. The number of aryl methyl sites for hydroxylation is 1. The van der Waals surface area contributed by atoms with Crippen molar-refractivity contribution in [2.24, 2.45) is 4.99 Å². The molecule has 2 aliphatic rings. The largest absolute Gasteiger partial charge is 0.384 e. The highest BCUT2D eigenvalue weighted by Gasteiger charge is 2.34. The number of rotatable bonds is 10. The highest BCUT2D eigenvalue weighted by Crippen LogP contribution is 2.30. The van der Waals surface area contributed by atoms with E-state index in [1.807, 2.05) is 6.07 Å². The first-order valence-corrected chi connectivity index (χ1v) is 15.5. The van der Waals surface area contributed by atoms with Crippen molar-refractivity contribution >= 4 is 28.0 Å². The molecule has 1 fully saturated rings. The minimum Gasteiger partial charge on any atom is -0.384 e. The predicted octanol–water partition coefficient (Wildman–Crippen LogP) is 3.67. The number of piperazine rings is 1. The topological polar surface area (TPSA) is 130 Å². The molecule has 4 N–H and O–H groups in total. The van der Waals surface area contributed by atoms with Crippen LogP contribution < -0.4 is 16.4 Å². The van der Waals surface area contributed by atoms with Gasteiger partial charge in [0.15, 0.2) is 0 Å². The maximum atomic E-state index is 14.3. The number of aromatic nitrogens is 1. The van der Waals surface area contributed by atoms with Crippen LogP contribution in [0, 0.1) is 18.6 Å². The molecular formula is C31H34F2N6O3S. The van der Waals surface area contributed by atoms with E-state index >= 15 is 0 Å². The summed E-state index contributed by atoms with van der Waals surface area (Å²) < 4.78 is 56.2. The lowest BCUT2D eigenvalue weighted by molar-refractivity contribution is -0.120. The third-order valence-corrected chi connectivity index (χ3v) is 9.66. The number of benzene rings is 2. The van der Waals surface area contributed by atoms with Crippen molar-refractivity contribution in [2.75, 3.05) is 31.9 Å². The van der Waals surface area contributed by atoms with Crippen LogP contribution in [0.3, 0.4) is 0 Å². The lowest BCUT2D eigenvalue weighted by Gasteiger charge is -2.35. The average Bonchev–Trinajstić information content (AvgIpc) is 3.41. The number of aliphatic imine (C=N–C) groups is 1. The lowest BCUT2D eigenvalue weighted by Crippen LogP contribution is -2.53. The van der Waals surface area contributed by atoms with Crippen LogP contribution in [0.2, 0.25) is 0 Å². The first-order valence-electron chi connectivity index (χ1n) is 14.1. The van der Waals surface area contributed by atoms with Crippen LogP contribution in [-0.2, 0) is 14.8 Å².